The van der Waals surface area contributed by atoms with Gasteiger partial charge in [-0.05, 0) is 36.4 Å². The van der Waals surface area contributed by atoms with Crippen molar-refractivity contribution in [3.05, 3.63) is 107 Å². The van der Waals surface area contributed by atoms with Crippen LogP contribution in [0.4, 0.5) is 0 Å². The molecule has 2 atom stereocenters. The standard InChI is InChI=1S/C30H23N3O5S/c34-27-18-39-29(32(27)15-21-17-36-25-12-6-7-13-26(25)37-21)23-16-33(20-9-2-1-3-10-20)31-28(23)22-14-19-8-4-5-11-24(19)38-30(22)35/h1-14,16,21,29H,15,17-18H2/t21-,29+/m0/s1. The minimum atomic E-state index is -0.477. The molecule has 194 valence electrons. The molecule has 7 rings (SSSR count). The molecular weight excluding hydrogens is 514 g/mol. The molecule has 1 amide bonds. The van der Waals surface area contributed by atoms with Crippen LogP contribution >= 0.6 is 11.8 Å². The Hall–Kier alpha value is -4.50. The van der Waals surface area contributed by atoms with Crippen LogP contribution in [-0.2, 0) is 4.79 Å². The van der Waals surface area contributed by atoms with Crippen LogP contribution in [0.2, 0.25) is 0 Å². The number of hydrogen-bond donors (Lipinski definition) is 0. The van der Waals surface area contributed by atoms with Crippen LogP contribution in [0.15, 0.2) is 100 Å². The molecule has 8 nitrogen and oxygen atoms in total. The van der Waals surface area contributed by atoms with Gasteiger partial charge >= 0.3 is 5.63 Å². The molecule has 0 spiro atoms. The number of carbonyl (C=O) groups is 1. The van der Waals surface area contributed by atoms with Gasteiger partial charge in [0.25, 0.3) is 0 Å². The number of aromatic nitrogens is 2. The van der Waals surface area contributed by atoms with Gasteiger partial charge in [0.2, 0.25) is 5.91 Å². The van der Waals surface area contributed by atoms with Crippen molar-refractivity contribution >= 4 is 28.6 Å². The van der Waals surface area contributed by atoms with Gasteiger partial charge in [-0.3, -0.25) is 4.79 Å². The van der Waals surface area contributed by atoms with Crippen LogP contribution in [0.5, 0.6) is 11.5 Å². The molecule has 0 bridgehead atoms. The summed E-state index contributed by atoms with van der Waals surface area (Å²) in [4.78, 5) is 28.1. The molecule has 2 aliphatic heterocycles. The lowest BCUT2D eigenvalue weighted by Gasteiger charge is -2.31. The Kier molecular flexibility index (Phi) is 5.85. The molecule has 39 heavy (non-hydrogen) atoms. The van der Waals surface area contributed by atoms with E-state index in [0.717, 1.165) is 16.6 Å². The van der Waals surface area contributed by atoms with Gasteiger partial charge in [0.1, 0.15) is 23.3 Å². The third-order valence-corrected chi connectivity index (χ3v) is 8.10. The second kappa shape index (κ2) is 9.67. The molecule has 9 heteroatoms. The van der Waals surface area contributed by atoms with Crippen molar-refractivity contribution in [2.45, 2.75) is 11.5 Å². The number of fused-ring (bicyclic) bond motifs is 2. The van der Waals surface area contributed by atoms with Crippen LogP contribution in [0, 0.1) is 0 Å². The Morgan fingerprint density at radius 2 is 1.69 bits per heavy atom. The van der Waals surface area contributed by atoms with Crippen molar-refractivity contribution in [2.75, 3.05) is 18.9 Å². The fourth-order valence-electron chi connectivity index (χ4n) is 5.00. The first-order chi connectivity index (χ1) is 19.1. The van der Waals surface area contributed by atoms with E-state index in [1.165, 1.54) is 11.8 Å². The lowest BCUT2D eigenvalue weighted by Crippen LogP contribution is -2.42. The first kappa shape index (κ1) is 23.6. The predicted molar refractivity (Wildman–Crippen MR) is 148 cm³/mol. The van der Waals surface area contributed by atoms with E-state index in [-0.39, 0.29) is 17.4 Å². The molecule has 0 aliphatic carbocycles. The number of ether oxygens (including phenoxy) is 2. The lowest BCUT2D eigenvalue weighted by atomic mass is 10.1. The normalized spacial score (nSPS) is 18.6. The van der Waals surface area contributed by atoms with Gasteiger partial charge < -0.3 is 18.8 Å². The highest BCUT2D eigenvalue weighted by Crippen LogP contribution is 2.43. The van der Waals surface area contributed by atoms with Crippen molar-refractivity contribution in [2.24, 2.45) is 0 Å². The number of rotatable bonds is 5. The molecule has 0 saturated carbocycles. The number of benzene rings is 3. The van der Waals surface area contributed by atoms with E-state index in [4.69, 9.17) is 19.0 Å². The van der Waals surface area contributed by atoms with Gasteiger partial charge in [0.05, 0.1) is 23.5 Å². The van der Waals surface area contributed by atoms with E-state index in [1.807, 2.05) is 85.1 Å². The van der Waals surface area contributed by atoms with E-state index in [0.29, 0.717) is 47.2 Å². The van der Waals surface area contributed by atoms with E-state index >= 15 is 0 Å². The summed E-state index contributed by atoms with van der Waals surface area (Å²) in [6, 6.07) is 26.4. The second-order valence-electron chi connectivity index (χ2n) is 9.41. The Labute approximate surface area is 227 Å². The van der Waals surface area contributed by atoms with Gasteiger partial charge in [-0.15, -0.1) is 11.8 Å². The number of amides is 1. The van der Waals surface area contributed by atoms with E-state index in [2.05, 4.69) is 0 Å². The quantitative estimate of drug-likeness (QED) is 0.290. The summed E-state index contributed by atoms with van der Waals surface area (Å²) in [5.41, 5.74) is 2.48. The average Bonchev–Trinajstić information content (AvgIpc) is 3.56. The van der Waals surface area contributed by atoms with Crippen molar-refractivity contribution in [1.29, 1.82) is 0 Å². The molecule has 0 radical (unpaired) electrons. The highest BCUT2D eigenvalue weighted by Gasteiger charge is 2.39. The van der Waals surface area contributed by atoms with Crippen molar-refractivity contribution in [3.8, 4) is 28.4 Å². The smallest absolute Gasteiger partial charge is 0.345 e. The minimum Gasteiger partial charge on any atom is -0.486 e. The van der Waals surface area contributed by atoms with Crippen LogP contribution in [0.1, 0.15) is 10.9 Å². The summed E-state index contributed by atoms with van der Waals surface area (Å²) in [5, 5.41) is 5.28. The fourth-order valence-corrected chi connectivity index (χ4v) is 6.20. The summed E-state index contributed by atoms with van der Waals surface area (Å²) in [5.74, 6) is 1.67. The van der Waals surface area contributed by atoms with Crippen LogP contribution < -0.4 is 15.1 Å². The zero-order valence-corrected chi connectivity index (χ0v) is 21.5. The third-order valence-electron chi connectivity index (χ3n) is 6.86. The van der Waals surface area contributed by atoms with E-state index in [9.17, 15) is 9.59 Å². The molecule has 2 aliphatic rings. The summed E-state index contributed by atoms with van der Waals surface area (Å²) in [6.45, 7) is 0.676. The number of thioether (sulfide) groups is 1. The van der Waals surface area contributed by atoms with Crippen LogP contribution in [0.25, 0.3) is 27.9 Å². The molecule has 1 saturated heterocycles. The Bertz CT molecular complexity index is 1750. The maximum Gasteiger partial charge on any atom is 0.345 e. The van der Waals surface area contributed by atoms with Gasteiger partial charge in [-0.2, -0.15) is 5.10 Å². The SMILES string of the molecule is O=C1CS[C@H](c2cn(-c3ccccc3)nc2-c2cc3ccccc3oc2=O)N1C[C@H]1COc2ccccc2O1. The topological polar surface area (TPSA) is 86.8 Å². The maximum absolute atomic E-state index is 13.2. The largest absolute Gasteiger partial charge is 0.486 e. The summed E-state index contributed by atoms with van der Waals surface area (Å²) in [7, 11) is 0. The Morgan fingerprint density at radius 1 is 0.923 bits per heavy atom. The first-order valence-electron chi connectivity index (χ1n) is 12.6. The lowest BCUT2D eigenvalue weighted by molar-refractivity contribution is -0.129. The Balaban J connectivity index is 1.29. The predicted octanol–water partition coefficient (Wildman–Crippen LogP) is 5.06. The van der Waals surface area contributed by atoms with Crippen molar-refractivity contribution in [1.82, 2.24) is 14.7 Å². The summed E-state index contributed by atoms with van der Waals surface area (Å²) < 4.78 is 19.5. The fraction of sp³-hybridized carbons (Fsp3) is 0.167. The molecular formula is C30H23N3O5S. The Morgan fingerprint density at radius 3 is 2.56 bits per heavy atom. The third kappa shape index (κ3) is 4.34. The van der Waals surface area contributed by atoms with Gasteiger partial charge in [-0.1, -0.05) is 48.5 Å². The van der Waals surface area contributed by atoms with Gasteiger partial charge in [-0.25, -0.2) is 9.48 Å². The van der Waals surface area contributed by atoms with E-state index < -0.39 is 5.63 Å². The highest BCUT2D eigenvalue weighted by atomic mass is 32.2. The zero-order chi connectivity index (χ0) is 26.3. The number of nitrogens with zero attached hydrogens (tertiary/aromatic N) is 3. The number of carbonyl (C=O) groups excluding carboxylic acids is 1. The zero-order valence-electron chi connectivity index (χ0n) is 20.7. The molecule has 0 N–H and O–H groups in total. The molecule has 4 heterocycles. The monoisotopic (exact) mass is 537 g/mol. The number of hydrogen-bond acceptors (Lipinski definition) is 7. The van der Waals surface area contributed by atoms with Gasteiger partial charge in [0, 0.05) is 17.1 Å². The minimum absolute atomic E-state index is 0.00332. The van der Waals surface area contributed by atoms with Crippen molar-refractivity contribution in [3.63, 3.8) is 0 Å². The van der Waals surface area contributed by atoms with Crippen molar-refractivity contribution < 1.29 is 18.7 Å². The maximum atomic E-state index is 13.2. The average molecular weight is 538 g/mol. The van der Waals surface area contributed by atoms with Crippen LogP contribution in [-0.4, -0.2) is 45.6 Å². The second-order valence-corrected chi connectivity index (χ2v) is 10.5. The molecule has 5 aromatic rings. The first-order valence-corrected chi connectivity index (χ1v) is 13.7. The molecule has 2 aromatic heterocycles. The molecule has 3 aromatic carbocycles. The van der Waals surface area contributed by atoms with Gasteiger partial charge in [0.15, 0.2) is 17.6 Å². The van der Waals surface area contributed by atoms with Crippen LogP contribution in [0.3, 0.4) is 0 Å². The number of para-hydroxylation sites is 4. The summed E-state index contributed by atoms with van der Waals surface area (Å²) >= 11 is 1.51. The summed E-state index contributed by atoms with van der Waals surface area (Å²) in [6.07, 6.45) is 1.57. The van der Waals surface area contributed by atoms with E-state index in [1.54, 1.807) is 15.6 Å². The molecule has 1 fully saturated rings. The molecule has 0 unspecified atom stereocenters. The highest BCUT2D eigenvalue weighted by molar-refractivity contribution is 8.00.